The number of benzene rings is 1. The van der Waals surface area contributed by atoms with Crippen molar-refractivity contribution < 1.29 is 17.9 Å². The van der Waals surface area contributed by atoms with Crippen LogP contribution in [0.2, 0.25) is 5.02 Å². The largest absolute Gasteiger partial charge is 0.380 e. The molecule has 0 bridgehead atoms. The summed E-state index contributed by atoms with van der Waals surface area (Å²) >= 11 is 5.76. The van der Waals surface area contributed by atoms with Crippen LogP contribution in [0.3, 0.4) is 0 Å². The summed E-state index contributed by atoms with van der Waals surface area (Å²) in [5.74, 6) is -0.251. The number of sulfonamides is 1. The molecule has 1 atom stereocenters. The maximum absolute atomic E-state index is 12.0. The first kappa shape index (κ1) is 22.1. The van der Waals surface area contributed by atoms with Gasteiger partial charge in [-0.1, -0.05) is 17.7 Å². The van der Waals surface area contributed by atoms with Crippen LogP contribution in [0.15, 0.2) is 29.2 Å². The average Bonchev–Trinajstić information content (AvgIpc) is 2.49. The predicted molar refractivity (Wildman–Crippen MR) is 91.4 cm³/mol. The lowest BCUT2D eigenvalue weighted by molar-refractivity contribution is -0.123. The first-order chi connectivity index (χ1) is 10.4. The maximum atomic E-state index is 12.0. The summed E-state index contributed by atoms with van der Waals surface area (Å²) in [6.45, 7) is 0.478. The molecule has 1 unspecified atom stereocenters. The van der Waals surface area contributed by atoms with E-state index in [4.69, 9.17) is 22.1 Å². The minimum absolute atomic E-state index is 0. The summed E-state index contributed by atoms with van der Waals surface area (Å²) in [4.78, 5) is 11.6. The number of rotatable bonds is 9. The van der Waals surface area contributed by atoms with Crippen LogP contribution < -0.4 is 15.8 Å². The quantitative estimate of drug-likeness (QED) is 0.536. The standard InChI is InChI=1S/C13H20ClN3O4S.ClH/c1-21-11(9-15)8-13(18)16-5-6-17-22(19,20)12-4-2-3-10(14)7-12;/h2-4,7,11,17H,5-6,8-9,15H2,1H3,(H,16,18);1H. The molecule has 1 aromatic carbocycles. The third-order valence-corrected chi connectivity index (χ3v) is 4.55. The number of carbonyl (C=O) groups is 1. The Morgan fingerprint density at radius 2 is 2.09 bits per heavy atom. The zero-order valence-corrected chi connectivity index (χ0v) is 15.0. The van der Waals surface area contributed by atoms with Gasteiger partial charge >= 0.3 is 0 Å². The molecule has 23 heavy (non-hydrogen) atoms. The first-order valence-corrected chi connectivity index (χ1v) is 8.50. The number of nitrogens with two attached hydrogens (primary N) is 1. The minimum atomic E-state index is -3.64. The van der Waals surface area contributed by atoms with Gasteiger partial charge in [0.15, 0.2) is 0 Å². The highest BCUT2D eigenvalue weighted by Gasteiger charge is 2.14. The third-order valence-electron chi connectivity index (χ3n) is 2.85. The van der Waals surface area contributed by atoms with E-state index in [1.165, 1.54) is 19.2 Å². The summed E-state index contributed by atoms with van der Waals surface area (Å²) in [6, 6.07) is 5.94. The second-order valence-corrected chi connectivity index (χ2v) is 6.71. The SMILES string of the molecule is COC(CN)CC(=O)NCCNS(=O)(=O)c1cccc(Cl)c1.Cl. The molecule has 0 aliphatic carbocycles. The highest BCUT2D eigenvalue weighted by molar-refractivity contribution is 7.89. The van der Waals surface area contributed by atoms with Gasteiger partial charge in [0.25, 0.3) is 0 Å². The topological polar surface area (TPSA) is 111 Å². The van der Waals surface area contributed by atoms with Crippen molar-refractivity contribution in [1.82, 2.24) is 10.0 Å². The number of methoxy groups -OCH3 is 1. The van der Waals surface area contributed by atoms with Gasteiger partial charge in [-0.3, -0.25) is 4.79 Å². The number of ether oxygens (including phenoxy) is 1. The lowest BCUT2D eigenvalue weighted by atomic mass is 10.2. The molecule has 7 nitrogen and oxygen atoms in total. The Labute approximate surface area is 147 Å². The van der Waals surface area contributed by atoms with Gasteiger partial charge in [0, 0.05) is 31.8 Å². The average molecular weight is 386 g/mol. The van der Waals surface area contributed by atoms with Gasteiger partial charge in [-0.15, -0.1) is 12.4 Å². The van der Waals surface area contributed by atoms with Crippen LogP contribution in [0, 0.1) is 0 Å². The fourth-order valence-electron chi connectivity index (χ4n) is 1.65. The number of carbonyl (C=O) groups excluding carboxylic acids is 1. The van der Waals surface area contributed by atoms with Crippen molar-refractivity contribution in [2.75, 3.05) is 26.7 Å². The fourth-order valence-corrected chi connectivity index (χ4v) is 2.98. The summed E-state index contributed by atoms with van der Waals surface area (Å²) in [5, 5.41) is 2.93. The molecule has 1 rings (SSSR count). The zero-order valence-electron chi connectivity index (χ0n) is 12.6. The van der Waals surface area contributed by atoms with Crippen LogP contribution in [0.5, 0.6) is 0 Å². The van der Waals surface area contributed by atoms with Crippen molar-refractivity contribution in [2.45, 2.75) is 17.4 Å². The van der Waals surface area contributed by atoms with Gasteiger partial charge in [-0.2, -0.15) is 0 Å². The predicted octanol–water partition coefficient (Wildman–Crippen LogP) is 0.520. The Morgan fingerprint density at radius 3 is 2.65 bits per heavy atom. The molecule has 132 valence electrons. The van der Waals surface area contributed by atoms with Crippen molar-refractivity contribution in [3.63, 3.8) is 0 Å². The molecule has 0 radical (unpaired) electrons. The monoisotopic (exact) mass is 385 g/mol. The lowest BCUT2D eigenvalue weighted by Crippen LogP contribution is -2.37. The summed E-state index contributed by atoms with van der Waals surface area (Å²) in [5.41, 5.74) is 5.41. The highest BCUT2D eigenvalue weighted by atomic mass is 35.5. The van der Waals surface area contributed by atoms with Crippen molar-refractivity contribution in [2.24, 2.45) is 5.73 Å². The molecule has 0 fully saturated rings. The Balaban J connectivity index is 0.00000484. The summed E-state index contributed by atoms with van der Waals surface area (Å²) in [6.07, 6.45) is -0.211. The first-order valence-electron chi connectivity index (χ1n) is 6.64. The second-order valence-electron chi connectivity index (χ2n) is 4.50. The zero-order chi connectivity index (χ0) is 16.6. The smallest absolute Gasteiger partial charge is 0.240 e. The third kappa shape index (κ3) is 7.96. The van der Waals surface area contributed by atoms with Gasteiger partial charge in [-0.25, -0.2) is 13.1 Å². The van der Waals surface area contributed by atoms with Crippen molar-refractivity contribution in [3.05, 3.63) is 29.3 Å². The molecular formula is C13H21Cl2N3O4S. The van der Waals surface area contributed by atoms with Gasteiger partial charge < -0.3 is 15.8 Å². The molecule has 0 saturated carbocycles. The molecule has 0 aliphatic heterocycles. The van der Waals surface area contributed by atoms with E-state index < -0.39 is 10.0 Å². The van der Waals surface area contributed by atoms with Crippen molar-refractivity contribution >= 4 is 39.9 Å². The Kier molecular flexibility index (Phi) is 10.4. The molecule has 10 heteroatoms. The number of hydrogen-bond acceptors (Lipinski definition) is 5. The summed E-state index contributed by atoms with van der Waals surface area (Å²) < 4.78 is 31.3. The number of halogens is 2. The van der Waals surface area contributed by atoms with Crippen LogP contribution in [-0.2, 0) is 19.6 Å². The molecule has 0 heterocycles. The molecule has 4 N–H and O–H groups in total. The molecule has 0 aromatic heterocycles. The second kappa shape index (κ2) is 10.8. The van der Waals surface area contributed by atoms with E-state index in [9.17, 15) is 13.2 Å². The van der Waals surface area contributed by atoms with E-state index in [1.807, 2.05) is 0 Å². The molecule has 1 amide bonds. The van der Waals surface area contributed by atoms with E-state index >= 15 is 0 Å². The van der Waals surface area contributed by atoms with Crippen LogP contribution >= 0.6 is 24.0 Å². The van der Waals surface area contributed by atoms with E-state index in [-0.39, 0.29) is 55.4 Å². The highest BCUT2D eigenvalue weighted by Crippen LogP contribution is 2.14. The molecular weight excluding hydrogens is 365 g/mol. The van der Waals surface area contributed by atoms with E-state index in [0.717, 1.165) is 0 Å². The van der Waals surface area contributed by atoms with Gasteiger partial charge in [0.2, 0.25) is 15.9 Å². The van der Waals surface area contributed by atoms with Gasteiger partial charge in [-0.05, 0) is 18.2 Å². The van der Waals surface area contributed by atoms with Crippen molar-refractivity contribution in [3.8, 4) is 0 Å². The van der Waals surface area contributed by atoms with Crippen LogP contribution in [0.4, 0.5) is 0 Å². The number of hydrogen-bond donors (Lipinski definition) is 3. The molecule has 0 spiro atoms. The summed E-state index contributed by atoms with van der Waals surface area (Å²) in [7, 11) is -2.17. The maximum Gasteiger partial charge on any atom is 0.240 e. The number of nitrogens with one attached hydrogen (secondary N) is 2. The fraction of sp³-hybridized carbons (Fsp3) is 0.462. The number of amides is 1. The van der Waals surface area contributed by atoms with Gasteiger partial charge in [0.1, 0.15) is 0 Å². The molecule has 0 saturated heterocycles. The van der Waals surface area contributed by atoms with Crippen LogP contribution in [0.25, 0.3) is 0 Å². The Bertz CT molecular complexity index is 595. The normalized spacial score (nSPS) is 12.3. The molecule has 1 aromatic rings. The Morgan fingerprint density at radius 1 is 1.39 bits per heavy atom. The lowest BCUT2D eigenvalue weighted by Gasteiger charge is -2.13. The Hall–Kier alpha value is -0.900. The van der Waals surface area contributed by atoms with Gasteiger partial charge in [0.05, 0.1) is 17.4 Å². The van der Waals surface area contributed by atoms with Crippen molar-refractivity contribution in [1.29, 1.82) is 0 Å². The van der Waals surface area contributed by atoms with Crippen LogP contribution in [-0.4, -0.2) is 47.2 Å². The molecule has 0 aliphatic rings. The van der Waals surface area contributed by atoms with E-state index in [0.29, 0.717) is 5.02 Å². The minimum Gasteiger partial charge on any atom is -0.380 e. The van der Waals surface area contributed by atoms with E-state index in [2.05, 4.69) is 10.0 Å². The van der Waals surface area contributed by atoms with E-state index in [1.54, 1.807) is 12.1 Å². The van der Waals surface area contributed by atoms with Crippen LogP contribution in [0.1, 0.15) is 6.42 Å².